The summed E-state index contributed by atoms with van der Waals surface area (Å²) in [6, 6.07) is 33.7. The van der Waals surface area contributed by atoms with Crippen molar-refractivity contribution in [2.75, 3.05) is 11.9 Å². The van der Waals surface area contributed by atoms with Gasteiger partial charge >= 0.3 is 11.9 Å². The van der Waals surface area contributed by atoms with Crippen molar-refractivity contribution in [3.05, 3.63) is 131 Å². The molecule has 5 nitrogen and oxygen atoms in total. The van der Waals surface area contributed by atoms with Crippen LogP contribution in [0.15, 0.2) is 109 Å². The Bertz CT molecular complexity index is 1250. The first-order valence-corrected chi connectivity index (χ1v) is 11.5. The Morgan fingerprint density at radius 1 is 0.600 bits per heavy atom. The van der Waals surface area contributed by atoms with Crippen LogP contribution in [0.3, 0.4) is 0 Å². The summed E-state index contributed by atoms with van der Waals surface area (Å²) in [7, 11) is 1.92. The van der Waals surface area contributed by atoms with Gasteiger partial charge in [0.05, 0.1) is 0 Å². The van der Waals surface area contributed by atoms with Crippen LogP contribution in [0.5, 0.6) is 0 Å². The van der Waals surface area contributed by atoms with Gasteiger partial charge in [0.15, 0.2) is 0 Å². The van der Waals surface area contributed by atoms with Gasteiger partial charge < -0.3 is 14.4 Å². The summed E-state index contributed by atoms with van der Waals surface area (Å²) in [5, 5.41) is 0. The molecule has 0 saturated heterocycles. The van der Waals surface area contributed by atoms with Crippen molar-refractivity contribution in [3.8, 4) is 0 Å². The largest absolute Gasteiger partial charge is 0.459 e. The lowest BCUT2D eigenvalue weighted by molar-refractivity contribution is -0.164. The molecule has 0 N–H and O–H groups in total. The van der Waals surface area contributed by atoms with E-state index in [1.807, 2.05) is 109 Å². The summed E-state index contributed by atoms with van der Waals surface area (Å²) in [5.41, 5.74) is 2.49. The maximum atomic E-state index is 14.0. The minimum Gasteiger partial charge on any atom is -0.459 e. The van der Waals surface area contributed by atoms with E-state index in [1.165, 1.54) is 0 Å². The average Bonchev–Trinajstić information content (AvgIpc) is 2.92. The Morgan fingerprint density at radius 3 is 1.40 bits per heavy atom. The van der Waals surface area contributed by atoms with Gasteiger partial charge in [-0.3, -0.25) is 9.59 Å². The molecule has 1 aliphatic heterocycles. The molecule has 0 bridgehead atoms. The van der Waals surface area contributed by atoms with Gasteiger partial charge in [0.1, 0.15) is 13.2 Å². The number of benzene rings is 4. The zero-order chi connectivity index (χ0) is 24.3. The van der Waals surface area contributed by atoms with Crippen molar-refractivity contribution in [1.29, 1.82) is 0 Å². The molecule has 0 atom stereocenters. The molecule has 0 amide bonds. The molecular weight excluding hydrogens is 438 g/mol. The molecule has 1 heterocycles. The van der Waals surface area contributed by atoms with E-state index in [9.17, 15) is 9.59 Å². The summed E-state index contributed by atoms with van der Waals surface area (Å²) < 4.78 is 11.7. The highest BCUT2D eigenvalue weighted by molar-refractivity contribution is 6.14. The molecule has 4 aromatic rings. The third-order valence-electron chi connectivity index (χ3n) is 6.38. The van der Waals surface area contributed by atoms with Crippen LogP contribution in [0, 0.1) is 0 Å². The lowest BCUT2D eigenvalue weighted by Crippen LogP contribution is -2.50. The predicted molar refractivity (Wildman–Crippen MR) is 134 cm³/mol. The normalized spacial score (nSPS) is 13.3. The molecule has 174 valence electrons. The highest BCUT2D eigenvalue weighted by Crippen LogP contribution is 2.50. The van der Waals surface area contributed by atoms with E-state index in [-0.39, 0.29) is 13.2 Å². The summed E-state index contributed by atoms with van der Waals surface area (Å²) in [6.45, 7) is 0.0983. The van der Waals surface area contributed by atoms with Crippen LogP contribution in [0.25, 0.3) is 0 Å². The number of carbonyl (C=O) groups excluding carboxylic acids is 2. The predicted octanol–water partition coefficient (Wildman–Crippen LogP) is 5.54. The molecule has 0 aromatic heterocycles. The fourth-order valence-electron chi connectivity index (χ4n) is 4.63. The lowest BCUT2D eigenvalue weighted by Gasteiger charge is -2.40. The number of anilines is 2. The first-order valence-electron chi connectivity index (χ1n) is 11.5. The lowest BCUT2D eigenvalue weighted by atomic mass is 9.70. The highest BCUT2D eigenvalue weighted by atomic mass is 16.6. The Kier molecular flexibility index (Phi) is 6.06. The number of carbonyl (C=O) groups is 2. The van der Waals surface area contributed by atoms with Gasteiger partial charge in [0, 0.05) is 29.5 Å². The van der Waals surface area contributed by atoms with E-state index in [2.05, 4.69) is 0 Å². The Balaban J connectivity index is 1.62. The van der Waals surface area contributed by atoms with Gasteiger partial charge in [-0.15, -0.1) is 0 Å². The zero-order valence-corrected chi connectivity index (χ0v) is 19.4. The summed E-state index contributed by atoms with van der Waals surface area (Å²) in [6.07, 6.45) is 0. The van der Waals surface area contributed by atoms with Crippen LogP contribution in [0.2, 0.25) is 0 Å². The molecule has 4 aromatic carbocycles. The molecule has 0 saturated carbocycles. The molecule has 0 spiro atoms. The minimum absolute atomic E-state index is 0.0492. The summed E-state index contributed by atoms with van der Waals surface area (Å²) >= 11 is 0. The van der Waals surface area contributed by atoms with E-state index in [0.717, 1.165) is 22.5 Å². The third-order valence-corrected chi connectivity index (χ3v) is 6.38. The van der Waals surface area contributed by atoms with Crippen molar-refractivity contribution in [2.45, 2.75) is 18.6 Å². The minimum atomic E-state index is -1.76. The molecule has 5 rings (SSSR count). The standard InChI is InChI=1S/C30H25NO4/c1-31-26-18-10-8-16-24(26)30(25-17-9-11-19-27(25)31,28(32)34-20-22-12-4-2-5-13-22)29(33)35-21-23-14-6-3-7-15-23/h2-19H,20-21H2,1H3. The second-order valence-electron chi connectivity index (χ2n) is 8.47. The van der Waals surface area contributed by atoms with Crippen molar-refractivity contribution >= 4 is 23.3 Å². The fourth-order valence-corrected chi connectivity index (χ4v) is 4.63. The second kappa shape index (κ2) is 9.47. The Morgan fingerprint density at radius 2 is 0.971 bits per heavy atom. The fraction of sp³-hybridized carbons (Fsp3) is 0.133. The van der Waals surface area contributed by atoms with Crippen molar-refractivity contribution in [1.82, 2.24) is 0 Å². The van der Waals surface area contributed by atoms with E-state index < -0.39 is 17.4 Å². The van der Waals surface area contributed by atoms with E-state index in [0.29, 0.717) is 11.1 Å². The van der Waals surface area contributed by atoms with Gasteiger partial charge in [-0.25, -0.2) is 0 Å². The van der Waals surface area contributed by atoms with E-state index >= 15 is 0 Å². The zero-order valence-electron chi connectivity index (χ0n) is 19.4. The Hall–Kier alpha value is -4.38. The van der Waals surface area contributed by atoms with Crippen LogP contribution in [-0.4, -0.2) is 19.0 Å². The van der Waals surface area contributed by atoms with Crippen molar-refractivity contribution < 1.29 is 19.1 Å². The summed E-state index contributed by atoms with van der Waals surface area (Å²) in [4.78, 5) is 30.1. The summed E-state index contributed by atoms with van der Waals surface area (Å²) in [5.74, 6) is -1.32. The first-order chi connectivity index (χ1) is 17.1. The molecule has 0 unspecified atom stereocenters. The maximum Gasteiger partial charge on any atom is 0.333 e. The van der Waals surface area contributed by atoms with Gasteiger partial charge in [0.25, 0.3) is 0 Å². The molecule has 0 aliphatic carbocycles. The number of hydrogen-bond acceptors (Lipinski definition) is 5. The van der Waals surface area contributed by atoms with Gasteiger partial charge in [-0.2, -0.15) is 0 Å². The van der Waals surface area contributed by atoms with Gasteiger partial charge in [0.2, 0.25) is 5.41 Å². The van der Waals surface area contributed by atoms with E-state index in [1.54, 1.807) is 12.1 Å². The molecule has 0 radical (unpaired) electrons. The van der Waals surface area contributed by atoms with Crippen LogP contribution >= 0.6 is 0 Å². The molecule has 1 aliphatic rings. The van der Waals surface area contributed by atoms with Crippen LogP contribution in [0.1, 0.15) is 22.3 Å². The first kappa shape index (κ1) is 22.4. The highest BCUT2D eigenvalue weighted by Gasteiger charge is 2.57. The van der Waals surface area contributed by atoms with Crippen molar-refractivity contribution in [2.24, 2.45) is 0 Å². The SMILES string of the molecule is CN1c2ccccc2C(C(=O)OCc2ccccc2)(C(=O)OCc2ccccc2)c2ccccc21. The third kappa shape index (κ3) is 3.95. The van der Waals surface area contributed by atoms with Gasteiger partial charge in [-0.05, 0) is 23.3 Å². The Labute approximate surface area is 204 Å². The number of nitrogens with zero attached hydrogens (tertiary/aromatic N) is 1. The number of fused-ring (bicyclic) bond motifs is 2. The van der Waals surface area contributed by atoms with Crippen LogP contribution in [-0.2, 0) is 37.7 Å². The van der Waals surface area contributed by atoms with Gasteiger partial charge in [-0.1, -0.05) is 97.1 Å². The maximum absolute atomic E-state index is 14.0. The quantitative estimate of drug-likeness (QED) is 0.278. The number of esters is 2. The topological polar surface area (TPSA) is 55.8 Å². The molecule has 0 fully saturated rings. The van der Waals surface area contributed by atoms with Crippen LogP contribution < -0.4 is 4.90 Å². The average molecular weight is 464 g/mol. The second-order valence-corrected chi connectivity index (χ2v) is 8.47. The molecular formula is C30H25NO4. The number of rotatable bonds is 6. The smallest absolute Gasteiger partial charge is 0.333 e. The number of ether oxygens (including phenoxy) is 2. The number of hydrogen-bond donors (Lipinski definition) is 0. The van der Waals surface area contributed by atoms with Crippen molar-refractivity contribution in [3.63, 3.8) is 0 Å². The van der Waals surface area contributed by atoms with E-state index in [4.69, 9.17) is 9.47 Å². The monoisotopic (exact) mass is 463 g/mol. The number of para-hydroxylation sites is 2. The molecule has 35 heavy (non-hydrogen) atoms. The molecule has 5 heteroatoms. The van der Waals surface area contributed by atoms with Crippen LogP contribution in [0.4, 0.5) is 11.4 Å².